The predicted molar refractivity (Wildman–Crippen MR) is 114 cm³/mol. The first-order chi connectivity index (χ1) is 14.5. The van der Waals surface area contributed by atoms with Gasteiger partial charge >= 0.3 is 0 Å². The highest BCUT2D eigenvalue weighted by molar-refractivity contribution is 5.97. The van der Waals surface area contributed by atoms with Crippen molar-refractivity contribution in [2.24, 2.45) is 0 Å². The van der Waals surface area contributed by atoms with E-state index in [0.717, 1.165) is 30.5 Å². The summed E-state index contributed by atoms with van der Waals surface area (Å²) in [5.41, 5.74) is 2.16. The van der Waals surface area contributed by atoms with Crippen LogP contribution < -0.4 is 9.80 Å². The van der Waals surface area contributed by atoms with Crippen LogP contribution in [0.4, 0.5) is 11.8 Å². The van der Waals surface area contributed by atoms with E-state index in [1.807, 2.05) is 17.9 Å². The monoisotopic (exact) mass is 409 g/mol. The second-order valence-corrected chi connectivity index (χ2v) is 7.68. The quantitative estimate of drug-likeness (QED) is 0.713. The van der Waals surface area contributed by atoms with Crippen LogP contribution in [0.15, 0.2) is 30.3 Å². The summed E-state index contributed by atoms with van der Waals surface area (Å²) in [5.74, 6) is 1.64. The molecule has 1 aromatic heterocycles. The smallest absolute Gasteiger partial charge is 0.253 e. The number of ether oxygens (including phenoxy) is 1. The SMILES string of the molecule is CC(=O)c1ccc(C(=O)N2CCN(c3nc(C)cc(N4CCOCC4)n3)CC2)cc1. The zero-order valence-corrected chi connectivity index (χ0v) is 17.5. The van der Waals surface area contributed by atoms with Gasteiger partial charge in [0.2, 0.25) is 5.95 Å². The lowest BCUT2D eigenvalue weighted by molar-refractivity contribution is 0.0745. The summed E-state index contributed by atoms with van der Waals surface area (Å²) in [5, 5.41) is 0. The minimum Gasteiger partial charge on any atom is -0.378 e. The van der Waals surface area contributed by atoms with Gasteiger partial charge in [-0.2, -0.15) is 4.98 Å². The largest absolute Gasteiger partial charge is 0.378 e. The van der Waals surface area contributed by atoms with Crippen molar-refractivity contribution in [3.63, 3.8) is 0 Å². The van der Waals surface area contributed by atoms with Gasteiger partial charge < -0.3 is 19.4 Å². The molecule has 0 bridgehead atoms. The third kappa shape index (κ3) is 4.43. The Morgan fingerprint density at radius 2 is 1.50 bits per heavy atom. The Bertz CT molecular complexity index is 917. The van der Waals surface area contributed by atoms with Gasteiger partial charge in [0.15, 0.2) is 5.78 Å². The predicted octanol–water partition coefficient (Wildman–Crippen LogP) is 1.79. The number of aryl methyl sites for hydroxylation is 1. The number of amides is 1. The Hall–Kier alpha value is -3.00. The average molecular weight is 409 g/mol. The minimum absolute atomic E-state index is 0.00258. The van der Waals surface area contributed by atoms with Gasteiger partial charge in [-0.05, 0) is 26.0 Å². The molecular formula is C22H27N5O3. The highest BCUT2D eigenvalue weighted by atomic mass is 16.5. The molecule has 0 spiro atoms. The van der Waals surface area contributed by atoms with E-state index in [1.165, 1.54) is 6.92 Å². The Kier molecular flexibility index (Phi) is 5.94. The van der Waals surface area contributed by atoms with Crippen molar-refractivity contribution in [2.45, 2.75) is 13.8 Å². The number of morpholine rings is 1. The molecule has 0 atom stereocenters. The normalized spacial score (nSPS) is 17.2. The van der Waals surface area contributed by atoms with Crippen molar-refractivity contribution < 1.29 is 14.3 Å². The van der Waals surface area contributed by atoms with E-state index in [4.69, 9.17) is 9.72 Å². The number of piperazine rings is 1. The number of hydrogen-bond donors (Lipinski definition) is 0. The van der Waals surface area contributed by atoms with Gasteiger partial charge in [0.05, 0.1) is 13.2 Å². The molecule has 0 radical (unpaired) electrons. The van der Waals surface area contributed by atoms with Gasteiger partial charge in [-0.3, -0.25) is 9.59 Å². The summed E-state index contributed by atoms with van der Waals surface area (Å²) >= 11 is 0. The van der Waals surface area contributed by atoms with Gasteiger partial charge in [-0.15, -0.1) is 0 Å². The third-order valence-electron chi connectivity index (χ3n) is 5.55. The van der Waals surface area contributed by atoms with E-state index in [0.29, 0.717) is 50.5 Å². The zero-order chi connectivity index (χ0) is 21.1. The molecule has 0 aliphatic carbocycles. The second kappa shape index (κ2) is 8.79. The van der Waals surface area contributed by atoms with Gasteiger partial charge in [-0.25, -0.2) is 4.98 Å². The first-order valence-corrected chi connectivity index (χ1v) is 10.3. The fourth-order valence-corrected chi connectivity index (χ4v) is 3.77. The molecule has 8 nitrogen and oxygen atoms in total. The Labute approximate surface area is 176 Å². The molecule has 0 unspecified atom stereocenters. The van der Waals surface area contributed by atoms with Gasteiger partial charge in [0.1, 0.15) is 5.82 Å². The first kappa shape index (κ1) is 20.3. The van der Waals surface area contributed by atoms with Gasteiger partial charge in [-0.1, -0.05) is 12.1 Å². The van der Waals surface area contributed by atoms with E-state index >= 15 is 0 Å². The van der Waals surface area contributed by atoms with E-state index in [9.17, 15) is 9.59 Å². The Morgan fingerprint density at radius 1 is 0.867 bits per heavy atom. The number of hydrogen-bond acceptors (Lipinski definition) is 7. The minimum atomic E-state index is -0.0103. The van der Waals surface area contributed by atoms with E-state index < -0.39 is 0 Å². The number of Topliss-reactive ketones (excluding diaryl/α,β-unsaturated/α-hetero) is 1. The van der Waals surface area contributed by atoms with E-state index in [-0.39, 0.29) is 11.7 Å². The van der Waals surface area contributed by atoms with Crippen LogP contribution in [0.3, 0.4) is 0 Å². The standard InChI is InChI=1S/C22H27N5O3/c1-16-15-20(25-11-13-30-14-12-25)24-22(23-16)27-9-7-26(8-10-27)21(29)19-5-3-18(4-6-19)17(2)28/h3-6,15H,7-14H2,1-2H3. The Balaban J connectivity index is 1.41. The zero-order valence-electron chi connectivity index (χ0n) is 17.5. The van der Waals surface area contributed by atoms with Crippen LogP contribution in [0.1, 0.15) is 33.3 Å². The molecule has 2 aromatic rings. The summed E-state index contributed by atoms with van der Waals surface area (Å²) in [6.07, 6.45) is 0. The van der Waals surface area contributed by atoms with Crippen molar-refractivity contribution in [2.75, 3.05) is 62.3 Å². The lowest BCUT2D eigenvalue weighted by Crippen LogP contribution is -2.49. The number of aromatic nitrogens is 2. The number of carbonyl (C=O) groups excluding carboxylic acids is 2. The lowest BCUT2D eigenvalue weighted by Gasteiger charge is -2.35. The molecule has 3 heterocycles. The highest BCUT2D eigenvalue weighted by Gasteiger charge is 2.24. The summed E-state index contributed by atoms with van der Waals surface area (Å²) in [4.78, 5) is 39.9. The van der Waals surface area contributed by atoms with Gasteiger partial charge in [0.25, 0.3) is 5.91 Å². The number of ketones is 1. The van der Waals surface area contributed by atoms with Crippen molar-refractivity contribution in [1.82, 2.24) is 14.9 Å². The molecule has 1 aromatic carbocycles. The summed E-state index contributed by atoms with van der Waals surface area (Å²) in [6.45, 7) is 9.19. The molecule has 1 amide bonds. The molecule has 2 fully saturated rings. The molecular weight excluding hydrogens is 382 g/mol. The van der Waals surface area contributed by atoms with Crippen molar-refractivity contribution in [3.05, 3.63) is 47.2 Å². The molecule has 2 aliphatic heterocycles. The van der Waals surface area contributed by atoms with E-state index in [1.54, 1.807) is 24.3 Å². The number of nitrogens with zero attached hydrogens (tertiary/aromatic N) is 5. The van der Waals surface area contributed by atoms with Crippen LogP contribution in [-0.2, 0) is 4.74 Å². The molecule has 0 saturated carbocycles. The maximum atomic E-state index is 12.8. The molecule has 30 heavy (non-hydrogen) atoms. The topological polar surface area (TPSA) is 78.9 Å². The van der Waals surface area contributed by atoms with Crippen LogP contribution in [-0.4, -0.2) is 79.0 Å². The fourth-order valence-electron chi connectivity index (χ4n) is 3.77. The highest BCUT2D eigenvalue weighted by Crippen LogP contribution is 2.20. The molecule has 4 rings (SSSR count). The molecule has 2 saturated heterocycles. The van der Waals surface area contributed by atoms with Crippen LogP contribution in [0.5, 0.6) is 0 Å². The molecule has 158 valence electrons. The maximum Gasteiger partial charge on any atom is 0.253 e. The Morgan fingerprint density at radius 3 is 2.13 bits per heavy atom. The first-order valence-electron chi connectivity index (χ1n) is 10.3. The third-order valence-corrected chi connectivity index (χ3v) is 5.55. The van der Waals surface area contributed by atoms with Crippen molar-refractivity contribution >= 4 is 23.5 Å². The van der Waals surface area contributed by atoms with E-state index in [2.05, 4.69) is 14.8 Å². The second-order valence-electron chi connectivity index (χ2n) is 7.68. The molecule has 8 heteroatoms. The lowest BCUT2D eigenvalue weighted by atomic mass is 10.1. The molecule has 0 N–H and O–H groups in total. The van der Waals surface area contributed by atoms with Crippen LogP contribution >= 0.6 is 0 Å². The number of anilines is 2. The average Bonchev–Trinajstić information content (AvgIpc) is 2.79. The summed E-state index contributed by atoms with van der Waals surface area (Å²) < 4.78 is 5.44. The maximum absolute atomic E-state index is 12.8. The fraction of sp³-hybridized carbons (Fsp3) is 0.455. The van der Waals surface area contributed by atoms with Crippen molar-refractivity contribution in [1.29, 1.82) is 0 Å². The molecule has 2 aliphatic rings. The van der Waals surface area contributed by atoms with Crippen molar-refractivity contribution in [3.8, 4) is 0 Å². The number of benzene rings is 1. The number of carbonyl (C=O) groups is 2. The van der Waals surface area contributed by atoms with Crippen LogP contribution in [0.25, 0.3) is 0 Å². The van der Waals surface area contributed by atoms with Crippen LogP contribution in [0, 0.1) is 6.92 Å². The number of rotatable bonds is 4. The summed E-state index contributed by atoms with van der Waals surface area (Å²) in [6, 6.07) is 8.88. The summed E-state index contributed by atoms with van der Waals surface area (Å²) in [7, 11) is 0. The van der Waals surface area contributed by atoms with Crippen LogP contribution in [0.2, 0.25) is 0 Å². The van der Waals surface area contributed by atoms with Gasteiger partial charge in [0, 0.05) is 62.2 Å².